The molecule has 0 spiro atoms. The molecule has 0 aromatic heterocycles. The number of morpholine rings is 1. The highest BCUT2D eigenvalue weighted by Gasteiger charge is 2.20. The Morgan fingerprint density at radius 2 is 2.47 bits per heavy atom. The number of carbonyl (C=O) groups is 1. The van der Waals surface area contributed by atoms with E-state index in [1.165, 1.54) is 0 Å². The predicted octanol–water partition coefficient (Wildman–Crippen LogP) is 0.266. The van der Waals surface area contributed by atoms with E-state index in [1.54, 1.807) is 11.8 Å². The minimum atomic E-state index is -0.155. The van der Waals surface area contributed by atoms with Crippen molar-refractivity contribution in [3.05, 3.63) is 0 Å². The molecule has 1 atom stereocenters. The maximum Gasteiger partial charge on any atom is 0.239 e. The van der Waals surface area contributed by atoms with E-state index >= 15 is 0 Å². The van der Waals surface area contributed by atoms with Crippen LogP contribution in [0.4, 0.5) is 0 Å². The fraction of sp³-hybridized carbons (Fsp3) is 0.889. The quantitative estimate of drug-likeness (QED) is 0.692. The van der Waals surface area contributed by atoms with Crippen LogP contribution in [0.1, 0.15) is 6.42 Å². The van der Waals surface area contributed by atoms with Gasteiger partial charge in [-0.05, 0) is 18.4 Å². The Hall–Kier alpha value is 0.0300. The van der Waals surface area contributed by atoms with Crippen LogP contribution >= 0.6 is 24.2 Å². The summed E-state index contributed by atoms with van der Waals surface area (Å²) in [5, 5.41) is 6.01. The lowest BCUT2D eigenvalue weighted by Gasteiger charge is -2.22. The van der Waals surface area contributed by atoms with Gasteiger partial charge < -0.3 is 15.4 Å². The van der Waals surface area contributed by atoms with Gasteiger partial charge in [0.15, 0.2) is 0 Å². The van der Waals surface area contributed by atoms with Gasteiger partial charge in [-0.3, -0.25) is 4.79 Å². The van der Waals surface area contributed by atoms with E-state index in [9.17, 15) is 4.79 Å². The van der Waals surface area contributed by atoms with Gasteiger partial charge in [0.05, 0.1) is 13.2 Å². The van der Waals surface area contributed by atoms with Gasteiger partial charge in [-0.15, -0.1) is 12.4 Å². The van der Waals surface area contributed by atoms with Gasteiger partial charge in [-0.2, -0.15) is 11.8 Å². The van der Waals surface area contributed by atoms with Crippen molar-refractivity contribution in [2.75, 3.05) is 38.3 Å². The number of hydrogen-bond donors (Lipinski definition) is 2. The first-order chi connectivity index (χ1) is 6.84. The van der Waals surface area contributed by atoms with Crippen molar-refractivity contribution in [3.63, 3.8) is 0 Å². The minimum Gasteiger partial charge on any atom is -0.378 e. The predicted molar refractivity (Wildman–Crippen MR) is 65.9 cm³/mol. The van der Waals surface area contributed by atoms with Gasteiger partial charge in [0, 0.05) is 13.1 Å². The van der Waals surface area contributed by atoms with Crippen LogP contribution in [0.25, 0.3) is 0 Å². The number of carbonyl (C=O) groups excluding carboxylic acids is 1. The van der Waals surface area contributed by atoms with Gasteiger partial charge in [0.2, 0.25) is 5.91 Å². The largest absolute Gasteiger partial charge is 0.378 e. The maximum absolute atomic E-state index is 11.5. The number of rotatable bonds is 5. The Labute approximate surface area is 101 Å². The molecule has 4 nitrogen and oxygen atoms in total. The third-order valence-corrected chi connectivity index (χ3v) is 2.76. The Morgan fingerprint density at radius 3 is 3.07 bits per heavy atom. The second-order valence-corrected chi connectivity index (χ2v) is 4.20. The van der Waals surface area contributed by atoms with Crippen LogP contribution in [0.3, 0.4) is 0 Å². The SMILES string of the molecule is CSCCCNC(=O)C1COCCN1.Cl. The van der Waals surface area contributed by atoms with E-state index in [0.717, 1.165) is 25.3 Å². The molecule has 0 radical (unpaired) electrons. The molecule has 2 N–H and O–H groups in total. The zero-order valence-corrected chi connectivity index (χ0v) is 10.6. The molecule has 1 saturated heterocycles. The molecule has 1 fully saturated rings. The average Bonchev–Trinajstić information content (AvgIpc) is 2.25. The molecule has 1 heterocycles. The summed E-state index contributed by atoms with van der Waals surface area (Å²) in [4.78, 5) is 11.5. The Bertz CT molecular complexity index is 177. The molecule has 1 rings (SSSR count). The van der Waals surface area contributed by atoms with Crippen LogP contribution in [-0.2, 0) is 9.53 Å². The minimum absolute atomic E-state index is 0. The molecule has 0 aromatic rings. The number of nitrogens with one attached hydrogen (secondary N) is 2. The molecule has 0 bridgehead atoms. The molecule has 90 valence electrons. The van der Waals surface area contributed by atoms with Crippen molar-refractivity contribution in [3.8, 4) is 0 Å². The molecule has 6 heteroatoms. The highest BCUT2D eigenvalue weighted by atomic mass is 35.5. The number of halogens is 1. The zero-order valence-electron chi connectivity index (χ0n) is 8.95. The van der Waals surface area contributed by atoms with Gasteiger partial charge in [-0.25, -0.2) is 0 Å². The second-order valence-electron chi connectivity index (χ2n) is 3.22. The maximum atomic E-state index is 11.5. The number of hydrogen-bond acceptors (Lipinski definition) is 4. The summed E-state index contributed by atoms with van der Waals surface area (Å²) in [7, 11) is 0. The van der Waals surface area contributed by atoms with Crippen LogP contribution in [0.5, 0.6) is 0 Å². The monoisotopic (exact) mass is 254 g/mol. The molecular formula is C9H19ClN2O2S. The number of amides is 1. The molecule has 0 aliphatic carbocycles. The van der Waals surface area contributed by atoms with Gasteiger partial charge in [0.25, 0.3) is 0 Å². The van der Waals surface area contributed by atoms with Crippen molar-refractivity contribution in [2.45, 2.75) is 12.5 Å². The first kappa shape index (κ1) is 15.0. The number of ether oxygens (including phenoxy) is 1. The van der Waals surface area contributed by atoms with E-state index in [4.69, 9.17) is 4.74 Å². The number of thioether (sulfide) groups is 1. The molecule has 0 saturated carbocycles. The zero-order chi connectivity index (χ0) is 10.2. The molecule has 1 amide bonds. The summed E-state index contributed by atoms with van der Waals surface area (Å²) in [6, 6.07) is -0.155. The highest BCUT2D eigenvalue weighted by molar-refractivity contribution is 7.98. The molecule has 1 aliphatic rings. The molecule has 1 unspecified atom stereocenters. The smallest absolute Gasteiger partial charge is 0.239 e. The van der Waals surface area contributed by atoms with Gasteiger partial charge in [-0.1, -0.05) is 0 Å². The van der Waals surface area contributed by atoms with Crippen LogP contribution < -0.4 is 10.6 Å². The van der Waals surface area contributed by atoms with Crippen LogP contribution in [0, 0.1) is 0 Å². The van der Waals surface area contributed by atoms with Crippen molar-refractivity contribution in [1.82, 2.24) is 10.6 Å². The van der Waals surface area contributed by atoms with E-state index in [1.807, 2.05) is 0 Å². The summed E-state index contributed by atoms with van der Waals surface area (Å²) in [5.41, 5.74) is 0. The van der Waals surface area contributed by atoms with E-state index in [0.29, 0.717) is 13.2 Å². The van der Waals surface area contributed by atoms with Gasteiger partial charge in [0.1, 0.15) is 6.04 Å². The van der Waals surface area contributed by atoms with Crippen molar-refractivity contribution in [2.24, 2.45) is 0 Å². The first-order valence-electron chi connectivity index (χ1n) is 4.92. The summed E-state index contributed by atoms with van der Waals surface area (Å²) in [6.45, 7) is 2.73. The first-order valence-corrected chi connectivity index (χ1v) is 6.31. The van der Waals surface area contributed by atoms with Crippen molar-refractivity contribution in [1.29, 1.82) is 0 Å². The van der Waals surface area contributed by atoms with Crippen molar-refractivity contribution >= 4 is 30.1 Å². The average molecular weight is 255 g/mol. The molecule has 15 heavy (non-hydrogen) atoms. The van der Waals surface area contributed by atoms with Gasteiger partial charge >= 0.3 is 0 Å². The standard InChI is InChI=1S/C9H18N2O2S.ClH/c1-14-6-2-3-11-9(12)8-7-13-5-4-10-8;/h8,10H,2-7H2,1H3,(H,11,12);1H. The Balaban J connectivity index is 0.00000196. The Kier molecular flexibility index (Phi) is 9.29. The molecule has 0 aromatic carbocycles. The van der Waals surface area contributed by atoms with Crippen LogP contribution in [0.2, 0.25) is 0 Å². The van der Waals surface area contributed by atoms with Crippen LogP contribution in [-0.4, -0.2) is 50.3 Å². The van der Waals surface area contributed by atoms with Crippen molar-refractivity contribution < 1.29 is 9.53 Å². The third-order valence-electron chi connectivity index (χ3n) is 2.06. The van der Waals surface area contributed by atoms with Crippen LogP contribution in [0.15, 0.2) is 0 Å². The van der Waals surface area contributed by atoms with E-state index < -0.39 is 0 Å². The summed E-state index contributed by atoms with van der Waals surface area (Å²) < 4.78 is 5.20. The lowest BCUT2D eigenvalue weighted by Crippen LogP contribution is -2.51. The summed E-state index contributed by atoms with van der Waals surface area (Å²) in [6.07, 6.45) is 3.10. The molecular weight excluding hydrogens is 236 g/mol. The summed E-state index contributed by atoms with van der Waals surface area (Å²) in [5.74, 6) is 1.15. The topological polar surface area (TPSA) is 50.4 Å². The van der Waals surface area contributed by atoms with E-state index in [2.05, 4.69) is 16.9 Å². The molecule has 1 aliphatic heterocycles. The second kappa shape index (κ2) is 9.27. The lowest BCUT2D eigenvalue weighted by atomic mass is 10.2. The third kappa shape index (κ3) is 6.25. The van der Waals surface area contributed by atoms with E-state index in [-0.39, 0.29) is 24.4 Å². The fourth-order valence-corrected chi connectivity index (χ4v) is 1.72. The highest BCUT2D eigenvalue weighted by Crippen LogP contribution is 1.95. The summed E-state index contributed by atoms with van der Waals surface area (Å²) >= 11 is 1.80. The fourth-order valence-electron chi connectivity index (χ4n) is 1.29. The lowest BCUT2D eigenvalue weighted by molar-refractivity contribution is -0.125. The normalized spacial score (nSPS) is 20.5. The Morgan fingerprint density at radius 1 is 1.67 bits per heavy atom.